The molecule has 2 fully saturated rings. The molecule has 0 saturated carbocycles. The van der Waals surface area contributed by atoms with Gasteiger partial charge in [-0.25, -0.2) is 0 Å². The van der Waals surface area contributed by atoms with Crippen LogP contribution in [0.5, 0.6) is 0 Å². The number of ether oxygens (including phenoxy) is 1. The molecule has 0 spiro atoms. The molecule has 1 aromatic heterocycles. The number of fused-ring (bicyclic) bond motifs is 2. The van der Waals surface area contributed by atoms with E-state index in [1.807, 2.05) is 0 Å². The van der Waals surface area contributed by atoms with Gasteiger partial charge in [-0.1, -0.05) is 0 Å². The molecule has 76 valence electrons. The van der Waals surface area contributed by atoms with Gasteiger partial charge in [-0.15, -0.1) is 0 Å². The molecule has 3 unspecified atom stereocenters. The summed E-state index contributed by atoms with van der Waals surface area (Å²) < 4.78 is 9.65. The Morgan fingerprint density at radius 2 is 2.43 bits per heavy atom. The first-order valence-corrected chi connectivity index (χ1v) is 5.60. The average molecular weight is 212 g/mol. The van der Waals surface area contributed by atoms with E-state index in [0.29, 0.717) is 24.2 Å². The van der Waals surface area contributed by atoms with Gasteiger partial charge in [0, 0.05) is 11.5 Å². The van der Waals surface area contributed by atoms with E-state index in [1.54, 1.807) is 0 Å². The quantitative estimate of drug-likeness (QED) is 0.760. The molecule has 6 heteroatoms. The predicted molar refractivity (Wildman–Crippen MR) is 54.2 cm³/mol. The summed E-state index contributed by atoms with van der Waals surface area (Å²) >= 11 is 1.31. The summed E-state index contributed by atoms with van der Waals surface area (Å²) in [5.41, 5.74) is 5.45. The van der Waals surface area contributed by atoms with Gasteiger partial charge in [-0.2, -0.15) is 9.36 Å². The van der Waals surface area contributed by atoms with Gasteiger partial charge in [0.25, 0.3) is 0 Å². The van der Waals surface area contributed by atoms with Crippen LogP contribution in [0.25, 0.3) is 0 Å². The summed E-state index contributed by atoms with van der Waals surface area (Å²) in [5, 5.41) is 4.14. The van der Waals surface area contributed by atoms with Gasteiger partial charge in [0.05, 0.1) is 18.2 Å². The average Bonchev–Trinajstić information content (AvgIpc) is 2.82. The Morgan fingerprint density at radius 1 is 1.50 bits per heavy atom. The van der Waals surface area contributed by atoms with Crippen molar-refractivity contribution in [3.63, 3.8) is 0 Å². The van der Waals surface area contributed by atoms with Crippen LogP contribution in [-0.4, -0.2) is 27.6 Å². The summed E-state index contributed by atoms with van der Waals surface area (Å²) in [4.78, 5) is 4.08. The Bertz CT molecular complexity index is 342. The Hall–Kier alpha value is -0.880. The van der Waals surface area contributed by atoms with Gasteiger partial charge >= 0.3 is 0 Å². The van der Waals surface area contributed by atoms with E-state index in [-0.39, 0.29) is 0 Å². The lowest BCUT2D eigenvalue weighted by molar-refractivity contribution is 0.102. The second-order valence-corrected chi connectivity index (χ2v) is 4.57. The van der Waals surface area contributed by atoms with Crippen LogP contribution in [0.2, 0.25) is 0 Å². The second kappa shape index (κ2) is 3.06. The zero-order chi connectivity index (χ0) is 9.54. The summed E-state index contributed by atoms with van der Waals surface area (Å²) in [6.07, 6.45) is 4.29. The van der Waals surface area contributed by atoms with Gasteiger partial charge in [0.1, 0.15) is 0 Å². The minimum Gasteiger partial charge on any atom is -0.373 e. The van der Waals surface area contributed by atoms with E-state index in [0.717, 1.165) is 18.0 Å². The van der Waals surface area contributed by atoms with Crippen LogP contribution in [0, 0.1) is 0 Å². The van der Waals surface area contributed by atoms with Gasteiger partial charge < -0.3 is 15.8 Å². The van der Waals surface area contributed by atoms with Gasteiger partial charge in [0.15, 0.2) is 0 Å². The highest BCUT2D eigenvalue weighted by molar-refractivity contribution is 7.09. The van der Waals surface area contributed by atoms with Gasteiger partial charge in [-0.3, -0.25) is 0 Å². The molecular weight excluding hydrogens is 200 g/mol. The molecule has 3 atom stereocenters. The van der Waals surface area contributed by atoms with Crippen molar-refractivity contribution in [1.82, 2.24) is 9.36 Å². The van der Waals surface area contributed by atoms with Crippen LogP contribution in [0.4, 0.5) is 11.1 Å². The van der Waals surface area contributed by atoms with Crippen LogP contribution < -0.4 is 11.1 Å². The third-order valence-corrected chi connectivity index (χ3v) is 3.52. The zero-order valence-electron chi connectivity index (χ0n) is 7.64. The van der Waals surface area contributed by atoms with Crippen molar-refractivity contribution in [3.05, 3.63) is 0 Å². The highest BCUT2D eigenvalue weighted by Crippen LogP contribution is 2.36. The first kappa shape index (κ1) is 8.43. The van der Waals surface area contributed by atoms with Crippen molar-refractivity contribution in [2.45, 2.75) is 37.5 Å². The van der Waals surface area contributed by atoms with E-state index < -0.39 is 0 Å². The molecule has 2 aliphatic heterocycles. The van der Waals surface area contributed by atoms with Crippen molar-refractivity contribution >= 4 is 22.6 Å². The summed E-state index contributed by atoms with van der Waals surface area (Å²) in [6, 6.07) is 0.404. The Labute approximate surface area is 85.8 Å². The van der Waals surface area contributed by atoms with E-state index in [4.69, 9.17) is 10.5 Å². The Balaban J connectivity index is 1.68. The third kappa shape index (κ3) is 1.34. The number of rotatable bonds is 2. The predicted octanol–water partition coefficient (Wildman–Crippen LogP) is 0.852. The van der Waals surface area contributed by atoms with Crippen LogP contribution >= 0.6 is 11.5 Å². The lowest BCUT2D eigenvalue weighted by Crippen LogP contribution is -2.30. The van der Waals surface area contributed by atoms with Gasteiger partial charge in [0.2, 0.25) is 11.1 Å². The molecule has 2 saturated heterocycles. The topological polar surface area (TPSA) is 73.1 Å². The Kier molecular flexibility index (Phi) is 1.84. The summed E-state index contributed by atoms with van der Waals surface area (Å²) in [5.74, 6) is 0.349. The van der Waals surface area contributed by atoms with Gasteiger partial charge in [-0.05, 0) is 19.3 Å². The van der Waals surface area contributed by atoms with E-state index in [1.165, 1.54) is 18.0 Å². The van der Waals surface area contributed by atoms with Crippen LogP contribution in [0.3, 0.4) is 0 Å². The van der Waals surface area contributed by atoms with Crippen molar-refractivity contribution in [1.29, 1.82) is 0 Å². The molecule has 0 amide bonds. The third-order valence-electron chi connectivity index (χ3n) is 2.86. The monoisotopic (exact) mass is 212 g/mol. The Morgan fingerprint density at radius 3 is 3.00 bits per heavy atom. The van der Waals surface area contributed by atoms with E-state index in [9.17, 15) is 0 Å². The maximum atomic E-state index is 5.73. The standard InChI is InChI=1S/C8H12N4OS/c9-7-11-8(14-12-7)10-5-3-4-1-2-6(5)13-4/h4-6H,1-3H2,(H3,9,10,11,12). The molecule has 1 aromatic rings. The number of hydrogen-bond donors (Lipinski definition) is 2. The highest BCUT2D eigenvalue weighted by Gasteiger charge is 2.40. The minimum absolute atomic E-state index is 0.349. The number of aromatic nitrogens is 2. The maximum Gasteiger partial charge on any atom is 0.233 e. The first-order valence-electron chi connectivity index (χ1n) is 4.82. The highest BCUT2D eigenvalue weighted by atomic mass is 32.1. The molecule has 2 bridgehead atoms. The molecule has 0 aromatic carbocycles. The molecule has 5 nitrogen and oxygen atoms in total. The fourth-order valence-electron chi connectivity index (χ4n) is 2.24. The van der Waals surface area contributed by atoms with Crippen LogP contribution in [-0.2, 0) is 4.74 Å². The number of nitrogen functional groups attached to an aromatic ring is 1. The largest absolute Gasteiger partial charge is 0.373 e. The first-order chi connectivity index (χ1) is 6.81. The number of nitrogens with one attached hydrogen (secondary N) is 1. The second-order valence-electron chi connectivity index (χ2n) is 3.82. The molecule has 3 N–H and O–H groups in total. The molecule has 0 aliphatic carbocycles. The molecule has 14 heavy (non-hydrogen) atoms. The molecule has 3 rings (SSSR count). The number of nitrogens with zero attached hydrogens (tertiary/aromatic N) is 2. The summed E-state index contributed by atoms with van der Waals surface area (Å²) in [6.45, 7) is 0. The zero-order valence-corrected chi connectivity index (χ0v) is 8.46. The summed E-state index contributed by atoms with van der Waals surface area (Å²) in [7, 11) is 0. The van der Waals surface area contributed by atoms with Crippen molar-refractivity contribution in [2.75, 3.05) is 11.1 Å². The number of anilines is 2. The van der Waals surface area contributed by atoms with Crippen LogP contribution in [0.15, 0.2) is 0 Å². The van der Waals surface area contributed by atoms with Crippen molar-refractivity contribution in [3.8, 4) is 0 Å². The number of nitrogens with two attached hydrogens (primary N) is 1. The normalized spacial score (nSPS) is 35.0. The molecule has 0 radical (unpaired) electrons. The van der Waals surface area contributed by atoms with Crippen LogP contribution in [0.1, 0.15) is 19.3 Å². The lowest BCUT2D eigenvalue weighted by atomic mass is 9.96. The van der Waals surface area contributed by atoms with Crippen molar-refractivity contribution < 1.29 is 4.74 Å². The minimum atomic E-state index is 0.349. The maximum absolute atomic E-state index is 5.73. The lowest BCUT2D eigenvalue weighted by Gasteiger charge is -2.18. The molecule has 2 aliphatic rings. The SMILES string of the molecule is Nc1nsc(NC2CC3CCC2O3)n1. The fourth-order valence-corrected chi connectivity index (χ4v) is 2.80. The number of hydrogen-bond acceptors (Lipinski definition) is 6. The fraction of sp³-hybridized carbons (Fsp3) is 0.750. The smallest absolute Gasteiger partial charge is 0.233 e. The van der Waals surface area contributed by atoms with E-state index in [2.05, 4.69) is 14.7 Å². The van der Waals surface area contributed by atoms with E-state index >= 15 is 0 Å². The molecule has 3 heterocycles. The molecular formula is C8H12N4OS. The van der Waals surface area contributed by atoms with Crippen molar-refractivity contribution in [2.24, 2.45) is 0 Å².